The Hall–Kier alpha value is -3.89. The number of hydrogen-bond donors (Lipinski definition) is 1. The molecule has 4 rings (SSSR count). The molecule has 1 N–H and O–H groups in total. The number of unbranched alkanes of at least 4 members (excludes halogenated alkanes) is 1. The highest BCUT2D eigenvalue weighted by molar-refractivity contribution is 6.02. The number of amides is 1. The van der Waals surface area contributed by atoms with E-state index in [-0.39, 0.29) is 11.7 Å². The molecule has 1 saturated heterocycles. The van der Waals surface area contributed by atoms with Gasteiger partial charge in [0.15, 0.2) is 0 Å². The van der Waals surface area contributed by atoms with Gasteiger partial charge in [-0.2, -0.15) is 10.4 Å². The number of hydrogen-bond acceptors (Lipinski definition) is 5. The van der Waals surface area contributed by atoms with Gasteiger partial charge in [-0.25, -0.2) is 4.68 Å². The van der Waals surface area contributed by atoms with Gasteiger partial charge in [-0.15, -0.1) is 0 Å². The van der Waals surface area contributed by atoms with Crippen molar-refractivity contribution in [1.29, 1.82) is 5.26 Å². The van der Waals surface area contributed by atoms with Gasteiger partial charge < -0.3 is 14.8 Å². The van der Waals surface area contributed by atoms with Gasteiger partial charge in [-0.3, -0.25) is 4.79 Å². The lowest BCUT2D eigenvalue weighted by molar-refractivity contribution is -0.117. The first kappa shape index (κ1) is 25.2. The molecular formula is C29H32N4O3. The third-order valence-corrected chi connectivity index (χ3v) is 6.16. The Morgan fingerprint density at radius 2 is 2.14 bits per heavy atom. The Morgan fingerprint density at radius 3 is 2.83 bits per heavy atom. The summed E-state index contributed by atoms with van der Waals surface area (Å²) in [6.07, 6.45) is 7.45. The first-order valence-electron chi connectivity index (χ1n) is 12.5. The molecule has 7 heteroatoms. The van der Waals surface area contributed by atoms with E-state index in [0.29, 0.717) is 31.0 Å². The third kappa shape index (κ3) is 6.21. The molecule has 36 heavy (non-hydrogen) atoms. The normalized spacial score (nSPS) is 15.5. The topological polar surface area (TPSA) is 89.2 Å². The summed E-state index contributed by atoms with van der Waals surface area (Å²) in [7, 11) is 0. The van der Waals surface area contributed by atoms with E-state index in [1.165, 1.54) is 0 Å². The second-order valence-electron chi connectivity index (χ2n) is 8.91. The van der Waals surface area contributed by atoms with Crippen molar-refractivity contribution in [2.75, 3.05) is 19.8 Å². The van der Waals surface area contributed by atoms with Crippen LogP contribution in [0.4, 0.5) is 0 Å². The van der Waals surface area contributed by atoms with E-state index in [1.807, 2.05) is 61.7 Å². The Labute approximate surface area is 212 Å². The van der Waals surface area contributed by atoms with Crippen molar-refractivity contribution >= 4 is 12.0 Å². The van der Waals surface area contributed by atoms with Gasteiger partial charge in [0.1, 0.15) is 23.1 Å². The van der Waals surface area contributed by atoms with Crippen LogP contribution in [0.15, 0.2) is 60.3 Å². The number of ether oxygens (including phenoxy) is 2. The van der Waals surface area contributed by atoms with E-state index >= 15 is 0 Å². The summed E-state index contributed by atoms with van der Waals surface area (Å²) in [6.45, 7) is 5.93. The smallest absolute Gasteiger partial charge is 0.262 e. The monoisotopic (exact) mass is 484 g/mol. The number of rotatable bonds is 10. The molecule has 1 fully saturated rings. The predicted octanol–water partition coefficient (Wildman–Crippen LogP) is 5.23. The highest BCUT2D eigenvalue weighted by Gasteiger charge is 2.19. The maximum Gasteiger partial charge on any atom is 0.262 e. The number of nitrogens with zero attached hydrogens (tertiary/aromatic N) is 3. The second-order valence-corrected chi connectivity index (χ2v) is 8.91. The van der Waals surface area contributed by atoms with E-state index in [1.54, 1.807) is 10.8 Å². The molecule has 0 radical (unpaired) electrons. The fourth-order valence-electron chi connectivity index (χ4n) is 4.15. The number of carbonyl (C=O) groups is 1. The Morgan fingerprint density at radius 1 is 1.31 bits per heavy atom. The summed E-state index contributed by atoms with van der Waals surface area (Å²) < 4.78 is 13.2. The number of para-hydroxylation sites is 1. The molecule has 0 spiro atoms. The van der Waals surface area contributed by atoms with Gasteiger partial charge in [0.05, 0.1) is 18.4 Å². The van der Waals surface area contributed by atoms with Gasteiger partial charge in [0, 0.05) is 30.5 Å². The van der Waals surface area contributed by atoms with Crippen LogP contribution >= 0.6 is 0 Å². The zero-order chi connectivity index (χ0) is 25.3. The average molecular weight is 485 g/mol. The molecule has 2 aromatic carbocycles. The summed E-state index contributed by atoms with van der Waals surface area (Å²) >= 11 is 0. The van der Waals surface area contributed by atoms with Gasteiger partial charge in [-0.05, 0) is 68.2 Å². The Bertz CT molecular complexity index is 1250. The van der Waals surface area contributed by atoms with Crippen molar-refractivity contribution in [3.8, 4) is 28.8 Å². The van der Waals surface area contributed by atoms with Crippen LogP contribution in [0.1, 0.15) is 43.7 Å². The molecule has 0 unspecified atom stereocenters. The van der Waals surface area contributed by atoms with Gasteiger partial charge in [-0.1, -0.05) is 31.5 Å². The van der Waals surface area contributed by atoms with Crippen LogP contribution in [0, 0.1) is 18.3 Å². The van der Waals surface area contributed by atoms with Crippen LogP contribution in [0.2, 0.25) is 0 Å². The minimum absolute atomic E-state index is 0.00555. The SMILES string of the molecule is CCCCOc1ccc(-c2nn(-c3ccccc3)cc2/C=C(\C#N)C(=O)NC[C@H]2CCCO2)c(C)c1. The highest BCUT2D eigenvalue weighted by atomic mass is 16.5. The number of nitrogens with one attached hydrogen (secondary N) is 1. The Balaban J connectivity index is 1.66. The summed E-state index contributed by atoms with van der Waals surface area (Å²) in [6, 6.07) is 17.7. The molecule has 1 aromatic heterocycles. The van der Waals surface area contributed by atoms with Crippen LogP contribution in [-0.4, -0.2) is 41.6 Å². The van der Waals surface area contributed by atoms with E-state index in [4.69, 9.17) is 14.6 Å². The van der Waals surface area contributed by atoms with Crippen molar-refractivity contribution in [2.24, 2.45) is 0 Å². The van der Waals surface area contributed by atoms with Crippen molar-refractivity contribution in [3.05, 3.63) is 71.4 Å². The second kappa shape index (κ2) is 12.2. The zero-order valence-electron chi connectivity index (χ0n) is 20.9. The predicted molar refractivity (Wildman–Crippen MR) is 140 cm³/mol. The fourth-order valence-corrected chi connectivity index (χ4v) is 4.15. The summed E-state index contributed by atoms with van der Waals surface area (Å²) in [5.74, 6) is 0.401. The quantitative estimate of drug-likeness (QED) is 0.242. The van der Waals surface area contributed by atoms with Gasteiger partial charge >= 0.3 is 0 Å². The van der Waals surface area contributed by atoms with Gasteiger partial charge in [0.25, 0.3) is 5.91 Å². The molecule has 1 atom stereocenters. The van der Waals surface area contributed by atoms with Crippen molar-refractivity contribution in [2.45, 2.75) is 45.6 Å². The minimum Gasteiger partial charge on any atom is -0.494 e. The van der Waals surface area contributed by atoms with Crippen molar-refractivity contribution < 1.29 is 14.3 Å². The first-order valence-corrected chi connectivity index (χ1v) is 12.5. The summed E-state index contributed by atoms with van der Waals surface area (Å²) in [5, 5.41) is 17.5. The maximum atomic E-state index is 12.8. The highest BCUT2D eigenvalue weighted by Crippen LogP contribution is 2.31. The standard InChI is InChI=1S/C29H32N4O3/c1-3-4-14-35-25-12-13-27(21(2)16-25)28-23(20-33(32-28)24-9-6-5-7-10-24)17-22(18-30)29(34)31-19-26-11-8-15-36-26/h5-7,9-10,12-13,16-17,20,26H,3-4,8,11,14-15,19H2,1-2H3,(H,31,34)/b22-17+/t26-/m1/s1. The lowest BCUT2D eigenvalue weighted by atomic mass is 10.0. The van der Waals surface area contributed by atoms with Crippen molar-refractivity contribution in [1.82, 2.24) is 15.1 Å². The lowest BCUT2D eigenvalue weighted by Gasteiger charge is -2.10. The molecule has 0 saturated carbocycles. The van der Waals surface area contributed by atoms with E-state index in [9.17, 15) is 10.1 Å². The number of benzene rings is 2. The van der Waals surface area contributed by atoms with Crippen LogP contribution in [-0.2, 0) is 9.53 Å². The van der Waals surface area contributed by atoms with Crippen LogP contribution < -0.4 is 10.1 Å². The summed E-state index contributed by atoms with van der Waals surface area (Å²) in [4.78, 5) is 12.8. The number of carbonyl (C=O) groups excluding carboxylic acids is 1. The molecule has 1 amide bonds. The average Bonchev–Trinajstić information content (AvgIpc) is 3.57. The van der Waals surface area contributed by atoms with Crippen molar-refractivity contribution in [3.63, 3.8) is 0 Å². The third-order valence-electron chi connectivity index (χ3n) is 6.16. The molecule has 0 bridgehead atoms. The molecule has 2 heterocycles. The minimum atomic E-state index is -0.414. The van der Waals surface area contributed by atoms with Crippen LogP contribution in [0.3, 0.4) is 0 Å². The van der Waals surface area contributed by atoms with Crippen LogP contribution in [0.5, 0.6) is 5.75 Å². The molecule has 0 aliphatic carbocycles. The maximum absolute atomic E-state index is 12.8. The van der Waals surface area contributed by atoms with E-state index in [2.05, 4.69) is 18.3 Å². The molecule has 186 valence electrons. The molecular weight excluding hydrogens is 452 g/mol. The lowest BCUT2D eigenvalue weighted by Crippen LogP contribution is -2.32. The molecule has 7 nitrogen and oxygen atoms in total. The largest absolute Gasteiger partial charge is 0.494 e. The molecule has 3 aromatic rings. The number of aromatic nitrogens is 2. The molecule has 1 aliphatic heterocycles. The zero-order valence-corrected chi connectivity index (χ0v) is 20.9. The van der Waals surface area contributed by atoms with Crippen LogP contribution in [0.25, 0.3) is 23.0 Å². The Kier molecular flexibility index (Phi) is 8.53. The van der Waals surface area contributed by atoms with Gasteiger partial charge in [0.2, 0.25) is 0 Å². The first-order chi connectivity index (χ1) is 17.6. The molecule has 1 aliphatic rings. The number of nitriles is 1. The van der Waals surface area contributed by atoms with E-state index in [0.717, 1.165) is 48.2 Å². The van der Waals surface area contributed by atoms with E-state index < -0.39 is 5.91 Å². The fraction of sp³-hybridized carbons (Fsp3) is 0.345. The summed E-state index contributed by atoms with van der Waals surface area (Å²) in [5.41, 5.74) is 4.20. The number of aryl methyl sites for hydroxylation is 1.